The second-order valence-electron chi connectivity index (χ2n) is 8.20. The number of rotatable bonds is 5. The molecular weight excluding hydrogens is 388 g/mol. The van der Waals surface area contributed by atoms with Crippen molar-refractivity contribution in [1.82, 2.24) is 14.6 Å². The minimum atomic E-state index is -0.0842. The molecule has 0 spiro atoms. The van der Waals surface area contributed by atoms with Gasteiger partial charge in [-0.2, -0.15) is 4.52 Å². The van der Waals surface area contributed by atoms with Crippen LogP contribution in [-0.4, -0.2) is 47.0 Å². The molecule has 156 valence electrons. The predicted molar refractivity (Wildman–Crippen MR) is 112 cm³/mol. The molecule has 7 nitrogen and oxygen atoms in total. The first kappa shape index (κ1) is 20.0. The highest BCUT2D eigenvalue weighted by Crippen LogP contribution is 2.39. The van der Waals surface area contributed by atoms with Gasteiger partial charge in [0, 0.05) is 11.8 Å². The number of fused-ring (bicyclic) bond motifs is 1. The third-order valence-electron chi connectivity index (χ3n) is 5.75. The maximum Gasteiger partial charge on any atom is 0.235 e. The van der Waals surface area contributed by atoms with Gasteiger partial charge in [-0.05, 0) is 31.5 Å². The van der Waals surface area contributed by atoms with Gasteiger partial charge in [-0.1, -0.05) is 25.2 Å². The van der Waals surface area contributed by atoms with Crippen molar-refractivity contribution < 1.29 is 19.5 Å². The number of methoxy groups -OCH3 is 2. The number of aromatic nitrogens is 3. The lowest BCUT2D eigenvalue weighted by Gasteiger charge is -2.37. The monoisotopic (exact) mass is 417 g/mol. The fourth-order valence-electron chi connectivity index (χ4n) is 4.72. The van der Waals surface area contributed by atoms with E-state index in [-0.39, 0.29) is 11.9 Å². The number of nitrogens with one attached hydrogen (secondary N) is 1. The summed E-state index contributed by atoms with van der Waals surface area (Å²) in [6, 6.07) is 5.79. The van der Waals surface area contributed by atoms with E-state index >= 15 is 0 Å². The highest BCUT2D eigenvalue weighted by Gasteiger charge is 2.38. The summed E-state index contributed by atoms with van der Waals surface area (Å²) >= 11 is 1.50. The van der Waals surface area contributed by atoms with E-state index in [9.17, 15) is 5.11 Å². The first-order valence-electron chi connectivity index (χ1n) is 10.0. The molecule has 0 bridgehead atoms. The van der Waals surface area contributed by atoms with Crippen molar-refractivity contribution >= 4 is 16.3 Å². The Balaban J connectivity index is 1.90. The zero-order valence-corrected chi connectivity index (χ0v) is 18.4. The number of aromatic hydroxyl groups is 1. The average molecular weight is 418 g/mol. The second-order valence-corrected chi connectivity index (χ2v) is 9.21. The SMILES string of the molecule is COc1ccc(OC)c([C@H](c2sc3nc(C)nn3c2O)[NH+]2C[C@@H](C)C[C@H](C)C2)c1. The molecule has 3 heterocycles. The first-order chi connectivity index (χ1) is 13.9. The van der Waals surface area contributed by atoms with Gasteiger partial charge in [0.1, 0.15) is 22.2 Å². The van der Waals surface area contributed by atoms with Gasteiger partial charge >= 0.3 is 0 Å². The van der Waals surface area contributed by atoms with Gasteiger partial charge in [-0.3, -0.25) is 0 Å². The van der Waals surface area contributed by atoms with Crippen molar-refractivity contribution in [3.63, 3.8) is 0 Å². The number of hydrogen-bond acceptors (Lipinski definition) is 6. The minimum Gasteiger partial charge on any atom is -0.497 e. The van der Waals surface area contributed by atoms with E-state index < -0.39 is 0 Å². The van der Waals surface area contributed by atoms with Crippen molar-refractivity contribution in [1.29, 1.82) is 0 Å². The van der Waals surface area contributed by atoms with Crippen molar-refractivity contribution in [2.45, 2.75) is 33.2 Å². The highest BCUT2D eigenvalue weighted by molar-refractivity contribution is 7.17. The standard InChI is InChI=1S/C21H28N4O3S/c1-12-8-13(2)11-24(10-12)18(16-9-15(27-4)6-7-17(16)28-5)19-20(26)25-21(29-19)22-14(3)23-25/h6-7,9,12-13,18,26H,8,10-11H2,1-5H3/p+1/t12-,13-,18+/m0/s1. The Kier molecular flexibility index (Phi) is 5.40. The number of ether oxygens (including phenoxy) is 2. The second kappa shape index (κ2) is 7.84. The van der Waals surface area contributed by atoms with E-state index in [2.05, 4.69) is 23.9 Å². The van der Waals surface area contributed by atoms with Gasteiger partial charge in [-0.15, -0.1) is 5.10 Å². The molecule has 1 aliphatic heterocycles. The fourth-order valence-corrected chi connectivity index (χ4v) is 5.89. The molecule has 3 aromatic rings. The molecular formula is C21H29N4O3S+. The molecule has 2 N–H and O–H groups in total. The van der Waals surface area contributed by atoms with Gasteiger partial charge < -0.3 is 19.5 Å². The van der Waals surface area contributed by atoms with Crippen LogP contribution in [0.25, 0.3) is 4.96 Å². The molecule has 0 aliphatic carbocycles. The van der Waals surface area contributed by atoms with Crippen LogP contribution < -0.4 is 14.4 Å². The minimum absolute atomic E-state index is 0.0842. The summed E-state index contributed by atoms with van der Waals surface area (Å²) in [5, 5.41) is 15.4. The molecule has 1 aromatic carbocycles. The summed E-state index contributed by atoms with van der Waals surface area (Å²) in [5.74, 6) is 3.61. The molecule has 1 fully saturated rings. The van der Waals surface area contributed by atoms with Crippen LogP contribution in [0.15, 0.2) is 18.2 Å². The molecule has 3 atom stereocenters. The Hall–Kier alpha value is -2.32. The van der Waals surface area contributed by atoms with E-state index in [1.807, 2.05) is 25.1 Å². The van der Waals surface area contributed by atoms with Crippen LogP contribution in [-0.2, 0) is 0 Å². The Morgan fingerprint density at radius 3 is 2.55 bits per heavy atom. The van der Waals surface area contributed by atoms with Gasteiger partial charge in [0.15, 0.2) is 6.04 Å². The third kappa shape index (κ3) is 3.67. The molecule has 4 rings (SSSR count). The van der Waals surface area contributed by atoms with Crippen LogP contribution in [0.4, 0.5) is 0 Å². The number of quaternary nitrogens is 1. The van der Waals surface area contributed by atoms with Crippen LogP contribution in [0.1, 0.15) is 42.6 Å². The molecule has 0 amide bonds. The molecule has 29 heavy (non-hydrogen) atoms. The van der Waals surface area contributed by atoms with E-state index in [4.69, 9.17) is 9.47 Å². The quantitative estimate of drug-likeness (QED) is 0.667. The number of benzene rings is 1. The Labute approximate surface area is 174 Å². The Morgan fingerprint density at radius 1 is 1.21 bits per heavy atom. The van der Waals surface area contributed by atoms with E-state index in [1.165, 1.54) is 22.7 Å². The summed E-state index contributed by atoms with van der Waals surface area (Å²) in [6.45, 7) is 8.51. The van der Waals surface area contributed by atoms with Crippen LogP contribution >= 0.6 is 11.3 Å². The highest BCUT2D eigenvalue weighted by atomic mass is 32.1. The molecule has 1 saturated heterocycles. The molecule has 0 saturated carbocycles. The third-order valence-corrected chi connectivity index (χ3v) is 6.83. The first-order valence-corrected chi connectivity index (χ1v) is 10.8. The van der Waals surface area contributed by atoms with Gasteiger partial charge in [0.25, 0.3) is 0 Å². The van der Waals surface area contributed by atoms with Crippen molar-refractivity contribution in [2.24, 2.45) is 11.8 Å². The zero-order chi connectivity index (χ0) is 20.7. The summed E-state index contributed by atoms with van der Waals surface area (Å²) in [5.41, 5.74) is 1.01. The Bertz CT molecular complexity index is 1000. The predicted octanol–water partition coefficient (Wildman–Crippen LogP) is 2.47. The maximum absolute atomic E-state index is 11.1. The lowest BCUT2D eigenvalue weighted by molar-refractivity contribution is -0.936. The average Bonchev–Trinajstić information content (AvgIpc) is 3.18. The normalized spacial score (nSPS) is 23.3. The van der Waals surface area contributed by atoms with Crippen LogP contribution in [0.5, 0.6) is 17.4 Å². The van der Waals surface area contributed by atoms with Gasteiger partial charge in [-0.25, -0.2) is 4.98 Å². The van der Waals surface area contributed by atoms with Crippen molar-refractivity contribution in [3.05, 3.63) is 34.5 Å². The Morgan fingerprint density at radius 2 is 1.93 bits per heavy atom. The topological polar surface area (TPSA) is 73.3 Å². The molecule has 0 radical (unpaired) electrons. The summed E-state index contributed by atoms with van der Waals surface area (Å²) in [6.07, 6.45) is 1.23. The van der Waals surface area contributed by atoms with E-state index in [0.717, 1.165) is 35.0 Å². The summed E-state index contributed by atoms with van der Waals surface area (Å²) < 4.78 is 12.8. The lowest BCUT2D eigenvalue weighted by atomic mass is 9.89. The maximum atomic E-state index is 11.1. The number of likely N-dealkylation sites (tertiary alicyclic amines) is 1. The van der Waals surface area contributed by atoms with Gasteiger partial charge in [0.05, 0.1) is 32.9 Å². The number of aryl methyl sites for hydroxylation is 1. The number of piperidine rings is 1. The van der Waals surface area contributed by atoms with Crippen molar-refractivity contribution in [2.75, 3.05) is 27.3 Å². The van der Waals surface area contributed by atoms with Crippen LogP contribution in [0, 0.1) is 18.8 Å². The summed E-state index contributed by atoms with van der Waals surface area (Å²) in [7, 11) is 3.35. The van der Waals surface area contributed by atoms with Gasteiger partial charge in [0.2, 0.25) is 10.8 Å². The zero-order valence-electron chi connectivity index (χ0n) is 17.6. The van der Waals surface area contributed by atoms with Crippen LogP contribution in [0.2, 0.25) is 0 Å². The smallest absolute Gasteiger partial charge is 0.235 e. The summed E-state index contributed by atoms with van der Waals surface area (Å²) in [4.78, 5) is 7.45. The number of nitrogens with zero attached hydrogens (tertiary/aromatic N) is 3. The number of thiazole rings is 1. The molecule has 1 aliphatic rings. The van der Waals surface area contributed by atoms with E-state index in [0.29, 0.717) is 22.6 Å². The lowest BCUT2D eigenvalue weighted by Crippen LogP contribution is -3.14. The van der Waals surface area contributed by atoms with Crippen molar-refractivity contribution in [3.8, 4) is 17.4 Å². The molecule has 2 aromatic heterocycles. The number of hydrogen-bond donors (Lipinski definition) is 2. The van der Waals surface area contributed by atoms with E-state index in [1.54, 1.807) is 18.7 Å². The molecule has 8 heteroatoms. The molecule has 0 unspecified atom stereocenters. The largest absolute Gasteiger partial charge is 0.497 e. The fraction of sp³-hybridized carbons (Fsp3) is 0.524. The van der Waals surface area contributed by atoms with Crippen LogP contribution in [0.3, 0.4) is 0 Å².